The first-order chi connectivity index (χ1) is 36.1. The highest BCUT2D eigenvalue weighted by Gasteiger charge is 2.53. The second-order valence-corrected chi connectivity index (χ2v) is 22.3. The van der Waals surface area contributed by atoms with Crippen molar-refractivity contribution in [2.24, 2.45) is 35.5 Å². The summed E-state index contributed by atoms with van der Waals surface area (Å²) in [4.78, 5) is 72.7. The number of ether oxygens (including phenoxy) is 6. The standard InChI is InChI=1S/C60H89NO15/c1-36-16-12-11-13-17-37(2)51(71-8)32-46-25-19-42(7)60(70,76-46)57(67)58(68)61-27-15-14-18-47(61)59(69)75-52(33-48(63)38(3)29-41(6)55(66)56(73-10)54(65)40(5)28-36)39(4)30-44-22-26-50(53(31-44)72-9)74-35-43-20-23-45(24-21-43)49(64)34-62/h11-13,16-17,20-21,23-24,29,36,38-40,42,44,46-47,49-53,55-56,62,64,66,70H,14-15,18-19,22,25-28,30-35H2,1-10H3/b13-11+,16-12-,37-17+,41-29+/t36-,38-,39-,40-,42-,44-,46+,47+,49?,50-,51+,52+,53-,55-,56+,60-/m1/s1. The summed E-state index contributed by atoms with van der Waals surface area (Å²) in [5.74, 6) is -8.13. The third-order valence-electron chi connectivity index (χ3n) is 16.5. The minimum Gasteiger partial charge on any atom is -0.460 e. The molecular formula is C60H89NO15. The molecule has 1 aromatic carbocycles. The number of allylic oxidation sites excluding steroid dienone is 6. The average Bonchev–Trinajstić information content (AvgIpc) is 3.41. The van der Waals surface area contributed by atoms with Crippen LogP contribution in [-0.2, 0) is 59.0 Å². The molecule has 76 heavy (non-hydrogen) atoms. The van der Waals surface area contributed by atoms with Gasteiger partial charge in [-0.2, -0.15) is 0 Å². The first-order valence-electron chi connectivity index (χ1n) is 27.6. The minimum absolute atomic E-state index is 0.00566. The Labute approximate surface area is 451 Å². The zero-order valence-corrected chi connectivity index (χ0v) is 46.8. The summed E-state index contributed by atoms with van der Waals surface area (Å²) in [6.45, 7) is 12.7. The summed E-state index contributed by atoms with van der Waals surface area (Å²) < 4.78 is 36.4. The third-order valence-corrected chi connectivity index (χ3v) is 16.5. The van der Waals surface area contributed by atoms with Crippen LogP contribution in [0.15, 0.2) is 71.9 Å². The number of hydrogen-bond acceptors (Lipinski definition) is 15. The van der Waals surface area contributed by atoms with E-state index in [-0.39, 0.29) is 67.5 Å². The number of benzene rings is 1. The number of ketones is 3. The summed E-state index contributed by atoms with van der Waals surface area (Å²) in [7, 11) is 4.60. The van der Waals surface area contributed by atoms with Crippen molar-refractivity contribution in [3.8, 4) is 0 Å². The van der Waals surface area contributed by atoms with Gasteiger partial charge < -0.3 is 53.7 Å². The van der Waals surface area contributed by atoms with Gasteiger partial charge in [-0.05, 0) is 118 Å². The SMILES string of the molecule is CO[C@H]1C[C@@H]2CC[C@@H](C)[C@@](O)(O2)C(=O)C(=O)N2CCCC[C@H]2C(=O)O[C@H]([C@H](C)C[C@H]2CC[C@@H](OCc3ccc(C(O)CO)cc3)[C@H](OC)C2)CC(=O)[C@H](C)/C=C(\C)[C@@H](O)[C@@H](OC)C(=O)[C@H](C)C[C@H](C)\C=C/C=C/C=C/1C. The number of carbonyl (C=O) groups is 5. The van der Waals surface area contributed by atoms with E-state index in [1.165, 1.54) is 12.0 Å². The number of piperidine rings is 1. The van der Waals surface area contributed by atoms with Gasteiger partial charge >= 0.3 is 5.97 Å². The number of esters is 1. The maximum absolute atomic E-state index is 14.6. The molecule has 3 heterocycles. The highest BCUT2D eigenvalue weighted by atomic mass is 16.6. The van der Waals surface area contributed by atoms with Gasteiger partial charge in [-0.15, -0.1) is 0 Å². The fourth-order valence-electron chi connectivity index (χ4n) is 11.4. The summed E-state index contributed by atoms with van der Waals surface area (Å²) in [6, 6.07) is 6.07. The van der Waals surface area contributed by atoms with Crippen molar-refractivity contribution in [2.75, 3.05) is 34.5 Å². The van der Waals surface area contributed by atoms with Gasteiger partial charge in [-0.1, -0.05) is 95.3 Å². The minimum atomic E-state index is -2.45. The highest BCUT2D eigenvalue weighted by molar-refractivity contribution is 6.39. The molecule has 0 radical (unpaired) electrons. The van der Waals surface area contributed by atoms with Crippen molar-refractivity contribution in [2.45, 2.75) is 193 Å². The quantitative estimate of drug-likeness (QED) is 0.0961. The number of aliphatic hydroxyl groups excluding tert-OH is 3. The molecular weight excluding hydrogens is 975 g/mol. The van der Waals surface area contributed by atoms with Crippen molar-refractivity contribution in [1.82, 2.24) is 4.90 Å². The van der Waals surface area contributed by atoms with Crippen molar-refractivity contribution in [3.05, 3.63) is 83.0 Å². The molecule has 1 aliphatic carbocycles. The summed E-state index contributed by atoms with van der Waals surface area (Å²) in [6.07, 6.45) is 10.7. The normalized spacial score (nSPS) is 36.7. The van der Waals surface area contributed by atoms with Crippen LogP contribution >= 0.6 is 0 Å². The van der Waals surface area contributed by atoms with Crippen LogP contribution < -0.4 is 0 Å². The molecule has 5 rings (SSSR count). The molecule has 1 unspecified atom stereocenters. The number of nitrogens with zero attached hydrogens (tertiary/aromatic N) is 1. The van der Waals surface area contributed by atoms with Gasteiger partial charge in [0.25, 0.3) is 11.7 Å². The first-order valence-corrected chi connectivity index (χ1v) is 27.6. The first kappa shape index (κ1) is 62.6. The molecule has 0 spiro atoms. The fraction of sp³-hybridized carbons (Fsp3) is 0.683. The molecule has 2 saturated heterocycles. The van der Waals surface area contributed by atoms with Crippen molar-refractivity contribution in [1.29, 1.82) is 0 Å². The van der Waals surface area contributed by atoms with Gasteiger partial charge in [-0.3, -0.25) is 19.2 Å². The lowest BCUT2D eigenvalue weighted by Gasteiger charge is -2.42. The smallest absolute Gasteiger partial charge is 0.329 e. The summed E-state index contributed by atoms with van der Waals surface area (Å²) in [5.41, 5.74) is 2.77. The zero-order valence-electron chi connectivity index (χ0n) is 46.8. The van der Waals surface area contributed by atoms with Gasteiger partial charge in [0.2, 0.25) is 5.79 Å². The lowest BCUT2D eigenvalue weighted by atomic mass is 9.78. The van der Waals surface area contributed by atoms with Crippen LogP contribution in [0.5, 0.6) is 0 Å². The lowest BCUT2D eigenvalue weighted by Crippen LogP contribution is -2.61. The zero-order chi connectivity index (χ0) is 55.9. The molecule has 3 aliphatic heterocycles. The molecule has 4 N–H and O–H groups in total. The molecule has 1 saturated carbocycles. The number of aliphatic hydroxyl groups is 4. The van der Waals surface area contributed by atoms with E-state index >= 15 is 0 Å². The summed E-state index contributed by atoms with van der Waals surface area (Å²) in [5, 5.41) is 42.9. The Hall–Kier alpha value is -4.23. The second kappa shape index (κ2) is 29.7. The Morgan fingerprint density at radius 1 is 0.829 bits per heavy atom. The fourth-order valence-corrected chi connectivity index (χ4v) is 11.4. The number of hydrogen-bond donors (Lipinski definition) is 4. The van der Waals surface area contributed by atoms with E-state index in [4.69, 9.17) is 28.4 Å². The van der Waals surface area contributed by atoms with E-state index < -0.39 is 83.9 Å². The maximum atomic E-state index is 14.6. The predicted octanol–water partition coefficient (Wildman–Crippen LogP) is 7.43. The number of carbonyl (C=O) groups excluding carboxylic acids is 5. The van der Waals surface area contributed by atoms with Crippen LogP contribution in [-0.4, -0.2) is 144 Å². The van der Waals surface area contributed by atoms with Gasteiger partial charge in [-0.25, -0.2) is 4.79 Å². The molecule has 2 bridgehead atoms. The monoisotopic (exact) mass is 1060 g/mol. The van der Waals surface area contributed by atoms with E-state index in [0.717, 1.165) is 17.6 Å². The topological polar surface area (TPSA) is 225 Å². The Morgan fingerprint density at radius 2 is 1.55 bits per heavy atom. The van der Waals surface area contributed by atoms with Crippen molar-refractivity contribution in [3.63, 3.8) is 0 Å². The number of amides is 1. The van der Waals surface area contributed by atoms with E-state index in [0.29, 0.717) is 75.5 Å². The molecule has 3 fully saturated rings. The van der Waals surface area contributed by atoms with Crippen LogP contribution in [0.25, 0.3) is 0 Å². The second-order valence-electron chi connectivity index (χ2n) is 22.3. The van der Waals surface area contributed by atoms with Gasteiger partial charge in [0.15, 0.2) is 5.78 Å². The number of fused-ring (bicyclic) bond motifs is 3. The predicted molar refractivity (Wildman–Crippen MR) is 286 cm³/mol. The number of rotatable bonds is 11. The molecule has 1 amide bonds. The Kier molecular flexibility index (Phi) is 24.4. The van der Waals surface area contributed by atoms with Crippen LogP contribution in [0.3, 0.4) is 0 Å². The number of cyclic esters (lactones) is 1. The van der Waals surface area contributed by atoms with Crippen molar-refractivity contribution < 1.29 is 72.8 Å². The Morgan fingerprint density at radius 3 is 2.22 bits per heavy atom. The Bertz CT molecular complexity index is 2200. The Balaban J connectivity index is 1.42. The lowest BCUT2D eigenvalue weighted by molar-refractivity contribution is -0.265. The summed E-state index contributed by atoms with van der Waals surface area (Å²) >= 11 is 0. The van der Waals surface area contributed by atoms with E-state index in [9.17, 15) is 44.4 Å². The maximum Gasteiger partial charge on any atom is 0.329 e. The van der Waals surface area contributed by atoms with Crippen LogP contribution in [0.1, 0.15) is 143 Å². The molecule has 424 valence electrons. The molecule has 4 aliphatic rings. The van der Waals surface area contributed by atoms with Gasteiger partial charge in [0, 0.05) is 58.5 Å². The van der Waals surface area contributed by atoms with E-state index in [1.54, 1.807) is 53.2 Å². The number of methoxy groups -OCH3 is 3. The average molecular weight is 1060 g/mol. The van der Waals surface area contributed by atoms with Crippen molar-refractivity contribution >= 4 is 29.2 Å². The van der Waals surface area contributed by atoms with Gasteiger partial charge in [0.05, 0.1) is 37.6 Å². The van der Waals surface area contributed by atoms with Crippen LogP contribution in [0, 0.1) is 35.5 Å². The largest absolute Gasteiger partial charge is 0.460 e. The molecule has 16 heteroatoms. The molecule has 0 aromatic heterocycles. The molecule has 16 nitrogen and oxygen atoms in total. The van der Waals surface area contributed by atoms with Crippen LogP contribution in [0.2, 0.25) is 0 Å². The number of Topliss-reactive ketones (excluding diaryl/α,β-unsaturated/α-hetero) is 3. The molecule has 1 aromatic rings. The molecule has 16 atom stereocenters. The van der Waals surface area contributed by atoms with Crippen LogP contribution in [0.4, 0.5) is 0 Å². The highest BCUT2D eigenvalue weighted by Crippen LogP contribution is 2.38. The van der Waals surface area contributed by atoms with E-state index in [2.05, 4.69) is 0 Å². The third kappa shape index (κ3) is 16.7. The van der Waals surface area contributed by atoms with E-state index in [1.807, 2.05) is 70.2 Å². The van der Waals surface area contributed by atoms with Gasteiger partial charge in [0.1, 0.15) is 36.2 Å².